The number of nitrogens with one attached hydrogen (secondary N) is 1. The summed E-state index contributed by atoms with van der Waals surface area (Å²) in [4.78, 5) is 17.8. The average Bonchev–Trinajstić information content (AvgIpc) is 2.43. The number of likely N-dealkylation sites (N-methyl/N-ethyl adjacent to an activating group) is 1. The molecule has 0 bridgehead atoms. The fourth-order valence-corrected chi connectivity index (χ4v) is 2.43. The van der Waals surface area contributed by atoms with Gasteiger partial charge in [-0.1, -0.05) is 0 Å². The molecule has 1 aromatic rings. The van der Waals surface area contributed by atoms with Gasteiger partial charge in [0.1, 0.15) is 0 Å². The highest BCUT2D eigenvalue weighted by Crippen LogP contribution is 2.21. The molecule has 2 rings (SSSR count). The molecular weight excluding hydrogens is 268 g/mol. The first-order valence-electron chi connectivity index (χ1n) is 7.48. The zero-order valence-corrected chi connectivity index (χ0v) is 13.8. The molecule has 0 amide bonds. The lowest BCUT2D eigenvalue weighted by atomic mass is 10.1. The molecule has 1 saturated heterocycles. The van der Waals surface area contributed by atoms with Crippen LogP contribution in [0.25, 0.3) is 0 Å². The SMILES string of the molecule is CNc1nc(OC(C)C)nc(N2CC(C)N(C)C(C)C2)n1. The molecule has 7 heteroatoms. The highest BCUT2D eigenvalue weighted by atomic mass is 16.5. The molecule has 2 atom stereocenters. The van der Waals surface area contributed by atoms with Crippen molar-refractivity contribution in [3.63, 3.8) is 0 Å². The number of anilines is 2. The van der Waals surface area contributed by atoms with Gasteiger partial charge in [0.2, 0.25) is 11.9 Å². The van der Waals surface area contributed by atoms with Crippen LogP contribution in [0.2, 0.25) is 0 Å². The van der Waals surface area contributed by atoms with Gasteiger partial charge in [-0.05, 0) is 34.7 Å². The van der Waals surface area contributed by atoms with Gasteiger partial charge in [0.15, 0.2) is 0 Å². The van der Waals surface area contributed by atoms with Crippen molar-refractivity contribution in [3.05, 3.63) is 0 Å². The van der Waals surface area contributed by atoms with E-state index in [2.05, 4.69) is 51.0 Å². The molecular formula is C14H26N6O. The second-order valence-electron chi connectivity index (χ2n) is 5.93. The van der Waals surface area contributed by atoms with Crippen molar-refractivity contribution in [3.8, 4) is 6.01 Å². The Kier molecular flexibility index (Phi) is 4.82. The van der Waals surface area contributed by atoms with E-state index < -0.39 is 0 Å². The summed E-state index contributed by atoms with van der Waals surface area (Å²) in [7, 11) is 3.96. The zero-order chi connectivity index (χ0) is 15.6. The molecule has 2 heterocycles. The molecule has 1 aliphatic rings. The normalized spacial score (nSPS) is 23.5. The second-order valence-corrected chi connectivity index (χ2v) is 5.93. The Hall–Kier alpha value is -1.63. The van der Waals surface area contributed by atoms with Crippen LogP contribution >= 0.6 is 0 Å². The third-order valence-electron chi connectivity index (χ3n) is 3.81. The minimum Gasteiger partial charge on any atom is -0.461 e. The average molecular weight is 294 g/mol. The summed E-state index contributed by atoms with van der Waals surface area (Å²) in [5, 5.41) is 2.97. The van der Waals surface area contributed by atoms with Crippen molar-refractivity contribution in [2.24, 2.45) is 0 Å². The molecule has 2 unspecified atom stereocenters. The molecule has 7 nitrogen and oxygen atoms in total. The van der Waals surface area contributed by atoms with Crippen LogP contribution < -0.4 is 15.0 Å². The molecule has 1 N–H and O–H groups in total. The van der Waals surface area contributed by atoms with Crippen molar-refractivity contribution < 1.29 is 4.74 Å². The fourth-order valence-electron chi connectivity index (χ4n) is 2.43. The fraction of sp³-hybridized carbons (Fsp3) is 0.786. The molecule has 1 aromatic heterocycles. The first kappa shape index (κ1) is 15.8. The van der Waals surface area contributed by atoms with Gasteiger partial charge in [0, 0.05) is 32.2 Å². The number of nitrogens with zero attached hydrogens (tertiary/aromatic N) is 5. The number of piperazine rings is 1. The van der Waals surface area contributed by atoms with Crippen LogP contribution in [0.15, 0.2) is 0 Å². The summed E-state index contributed by atoms with van der Waals surface area (Å²) in [5.74, 6) is 1.21. The molecule has 21 heavy (non-hydrogen) atoms. The van der Waals surface area contributed by atoms with Gasteiger partial charge in [-0.3, -0.25) is 4.90 Å². The quantitative estimate of drug-likeness (QED) is 0.896. The predicted octanol–water partition coefficient (Wildman–Crippen LogP) is 1.23. The Morgan fingerprint density at radius 1 is 1.14 bits per heavy atom. The van der Waals surface area contributed by atoms with Gasteiger partial charge in [0.25, 0.3) is 0 Å². The Labute approximate surface area is 126 Å². The van der Waals surface area contributed by atoms with Crippen LogP contribution in [-0.2, 0) is 0 Å². The molecule has 0 aliphatic carbocycles. The van der Waals surface area contributed by atoms with E-state index in [9.17, 15) is 0 Å². The number of hydrogen-bond donors (Lipinski definition) is 1. The van der Waals surface area contributed by atoms with Crippen LogP contribution in [0, 0.1) is 0 Å². The van der Waals surface area contributed by atoms with Gasteiger partial charge >= 0.3 is 6.01 Å². The lowest BCUT2D eigenvalue weighted by molar-refractivity contribution is 0.168. The summed E-state index contributed by atoms with van der Waals surface area (Å²) in [5.41, 5.74) is 0. The minimum atomic E-state index is 0.0373. The largest absolute Gasteiger partial charge is 0.461 e. The van der Waals surface area contributed by atoms with E-state index >= 15 is 0 Å². The van der Waals surface area contributed by atoms with Crippen molar-refractivity contribution in [1.29, 1.82) is 0 Å². The number of hydrogen-bond acceptors (Lipinski definition) is 7. The standard InChI is InChI=1S/C14H26N6O/c1-9(2)21-14-17-12(15-5)16-13(18-14)20-7-10(3)19(6)11(4)8-20/h9-11H,7-8H2,1-6H3,(H,15,16,17,18). The minimum absolute atomic E-state index is 0.0373. The van der Waals surface area contributed by atoms with E-state index in [0.29, 0.717) is 30.0 Å². The smallest absolute Gasteiger partial charge is 0.323 e. The lowest BCUT2D eigenvalue weighted by Crippen LogP contribution is -2.55. The van der Waals surface area contributed by atoms with E-state index in [1.165, 1.54) is 0 Å². The third-order valence-corrected chi connectivity index (χ3v) is 3.81. The van der Waals surface area contributed by atoms with Gasteiger partial charge in [0.05, 0.1) is 6.10 Å². The van der Waals surface area contributed by atoms with E-state index in [-0.39, 0.29) is 6.10 Å². The maximum Gasteiger partial charge on any atom is 0.323 e. The van der Waals surface area contributed by atoms with E-state index in [1.54, 1.807) is 7.05 Å². The summed E-state index contributed by atoms with van der Waals surface area (Å²) in [6.45, 7) is 10.2. The summed E-state index contributed by atoms with van der Waals surface area (Å²) >= 11 is 0. The van der Waals surface area contributed by atoms with Crippen molar-refractivity contribution >= 4 is 11.9 Å². The van der Waals surface area contributed by atoms with Gasteiger partial charge in [-0.25, -0.2) is 0 Å². The molecule has 0 aromatic carbocycles. The highest BCUT2D eigenvalue weighted by molar-refractivity contribution is 5.39. The van der Waals surface area contributed by atoms with Gasteiger partial charge in [-0.2, -0.15) is 15.0 Å². The topological polar surface area (TPSA) is 66.4 Å². The molecule has 0 spiro atoms. The maximum absolute atomic E-state index is 5.62. The first-order valence-corrected chi connectivity index (χ1v) is 7.48. The first-order chi connectivity index (χ1) is 9.90. The maximum atomic E-state index is 5.62. The van der Waals surface area contributed by atoms with E-state index in [1.807, 2.05) is 13.8 Å². The van der Waals surface area contributed by atoms with Crippen LogP contribution in [0.3, 0.4) is 0 Å². The van der Waals surface area contributed by atoms with Gasteiger partial charge < -0.3 is 15.0 Å². The van der Waals surface area contributed by atoms with Crippen molar-refractivity contribution in [2.75, 3.05) is 37.4 Å². The molecule has 118 valence electrons. The van der Waals surface area contributed by atoms with Crippen LogP contribution in [0.5, 0.6) is 6.01 Å². The van der Waals surface area contributed by atoms with Crippen molar-refractivity contribution in [2.45, 2.75) is 45.9 Å². The molecule has 0 saturated carbocycles. The highest BCUT2D eigenvalue weighted by Gasteiger charge is 2.28. The summed E-state index contributed by atoms with van der Waals surface area (Å²) in [6, 6.07) is 1.29. The Balaban J connectivity index is 2.25. The Bertz CT molecular complexity index is 469. The van der Waals surface area contributed by atoms with Crippen molar-refractivity contribution in [1.82, 2.24) is 19.9 Å². The number of aromatic nitrogens is 3. The van der Waals surface area contributed by atoms with Crippen LogP contribution in [-0.4, -0.2) is 65.2 Å². The van der Waals surface area contributed by atoms with E-state index in [4.69, 9.17) is 4.74 Å². The van der Waals surface area contributed by atoms with Crippen LogP contribution in [0.4, 0.5) is 11.9 Å². The van der Waals surface area contributed by atoms with Gasteiger partial charge in [-0.15, -0.1) is 0 Å². The zero-order valence-electron chi connectivity index (χ0n) is 13.8. The monoisotopic (exact) mass is 294 g/mol. The molecule has 1 aliphatic heterocycles. The van der Waals surface area contributed by atoms with Crippen LogP contribution in [0.1, 0.15) is 27.7 Å². The number of rotatable bonds is 4. The second kappa shape index (κ2) is 6.43. The Morgan fingerprint density at radius 2 is 1.76 bits per heavy atom. The summed E-state index contributed by atoms with van der Waals surface area (Å²) < 4.78 is 5.62. The third kappa shape index (κ3) is 3.72. The molecule has 0 radical (unpaired) electrons. The van der Waals surface area contributed by atoms with E-state index in [0.717, 1.165) is 13.1 Å². The lowest BCUT2D eigenvalue weighted by Gasteiger charge is -2.42. The number of ether oxygens (including phenoxy) is 1. The Morgan fingerprint density at radius 3 is 2.29 bits per heavy atom. The molecule has 1 fully saturated rings. The predicted molar refractivity (Wildman–Crippen MR) is 84.0 cm³/mol. The summed E-state index contributed by atoms with van der Waals surface area (Å²) in [6.07, 6.45) is 0.0373.